The molecule has 1 aliphatic heterocycles. The molecule has 1 aliphatic rings. The zero-order valence-corrected chi connectivity index (χ0v) is 9.13. The molecule has 1 heterocycles. The van der Waals surface area contributed by atoms with Gasteiger partial charge in [0, 0.05) is 6.61 Å². The van der Waals surface area contributed by atoms with E-state index >= 15 is 0 Å². The molecule has 0 spiro atoms. The summed E-state index contributed by atoms with van der Waals surface area (Å²) in [6, 6.07) is 11.7. The summed E-state index contributed by atoms with van der Waals surface area (Å²) in [5.41, 5.74) is 0.888. The molecule has 0 saturated carbocycles. The van der Waals surface area contributed by atoms with E-state index in [0.29, 0.717) is 0 Å². The topological polar surface area (TPSA) is 42.2 Å². The first-order valence-corrected chi connectivity index (χ1v) is 5.62. The molecule has 2 atom stereocenters. The summed E-state index contributed by atoms with van der Waals surface area (Å²) in [7, 11) is 0. The van der Waals surface area contributed by atoms with Crippen molar-refractivity contribution in [3.63, 3.8) is 0 Å². The van der Waals surface area contributed by atoms with E-state index in [-0.39, 0.29) is 6.29 Å². The predicted octanol–water partition coefficient (Wildman–Crippen LogP) is 2.79. The van der Waals surface area contributed by atoms with E-state index < -0.39 is 6.10 Å². The van der Waals surface area contributed by atoms with E-state index in [0.717, 1.165) is 31.4 Å². The number of nitrogens with zero attached hydrogens (tertiary/aromatic N) is 1. The van der Waals surface area contributed by atoms with Crippen LogP contribution in [0.5, 0.6) is 0 Å². The van der Waals surface area contributed by atoms with Crippen LogP contribution in [0.3, 0.4) is 0 Å². The van der Waals surface area contributed by atoms with Crippen molar-refractivity contribution < 1.29 is 9.47 Å². The van der Waals surface area contributed by atoms with Gasteiger partial charge in [-0.15, -0.1) is 0 Å². The summed E-state index contributed by atoms with van der Waals surface area (Å²) < 4.78 is 11.1. The predicted molar refractivity (Wildman–Crippen MR) is 59.5 cm³/mol. The molecule has 2 rings (SSSR count). The molecule has 0 bridgehead atoms. The Labute approximate surface area is 95.6 Å². The van der Waals surface area contributed by atoms with Crippen LogP contribution < -0.4 is 0 Å². The molecule has 0 aromatic heterocycles. The Morgan fingerprint density at radius 1 is 1.31 bits per heavy atom. The second-order valence-electron chi connectivity index (χ2n) is 3.85. The molecule has 1 unspecified atom stereocenters. The maximum atomic E-state index is 9.08. The highest BCUT2D eigenvalue weighted by Crippen LogP contribution is 2.23. The van der Waals surface area contributed by atoms with Crippen molar-refractivity contribution in [1.29, 1.82) is 5.26 Å². The van der Waals surface area contributed by atoms with Crippen molar-refractivity contribution in [3.05, 3.63) is 35.9 Å². The summed E-state index contributed by atoms with van der Waals surface area (Å²) in [6.07, 6.45) is 2.33. The van der Waals surface area contributed by atoms with Crippen LogP contribution in [-0.2, 0) is 9.47 Å². The van der Waals surface area contributed by atoms with Crippen LogP contribution >= 0.6 is 0 Å². The molecule has 1 aromatic carbocycles. The van der Waals surface area contributed by atoms with Crippen molar-refractivity contribution in [3.8, 4) is 6.07 Å². The average Bonchev–Trinajstić information content (AvgIpc) is 2.38. The van der Waals surface area contributed by atoms with E-state index in [1.165, 1.54) is 0 Å². The van der Waals surface area contributed by atoms with E-state index in [9.17, 15) is 0 Å². The van der Waals surface area contributed by atoms with Crippen LogP contribution in [0.1, 0.15) is 30.9 Å². The molecule has 1 aromatic rings. The maximum Gasteiger partial charge on any atom is 0.172 e. The number of nitriles is 1. The zero-order valence-electron chi connectivity index (χ0n) is 9.13. The fourth-order valence-electron chi connectivity index (χ4n) is 1.78. The van der Waals surface area contributed by atoms with Gasteiger partial charge in [0.1, 0.15) is 0 Å². The van der Waals surface area contributed by atoms with Gasteiger partial charge in [0.2, 0.25) is 0 Å². The third-order valence-electron chi connectivity index (χ3n) is 2.65. The molecular formula is C13H15NO2. The molecule has 3 heteroatoms. The first-order chi connectivity index (χ1) is 7.90. The monoisotopic (exact) mass is 217 g/mol. The van der Waals surface area contributed by atoms with Crippen molar-refractivity contribution >= 4 is 0 Å². The summed E-state index contributed by atoms with van der Waals surface area (Å²) in [5.74, 6) is 0. The van der Waals surface area contributed by atoms with E-state index in [1.807, 2.05) is 30.3 Å². The van der Waals surface area contributed by atoms with Gasteiger partial charge in [-0.25, -0.2) is 0 Å². The number of hydrogen-bond acceptors (Lipinski definition) is 3. The van der Waals surface area contributed by atoms with E-state index in [1.54, 1.807) is 0 Å². The summed E-state index contributed by atoms with van der Waals surface area (Å²) in [5, 5.41) is 9.08. The highest BCUT2D eigenvalue weighted by molar-refractivity contribution is 5.21. The minimum absolute atomic E-state index is 0.224. The Kier molecular flexibility index (Phi) is 3.92. The number of hydrogen-bond donors (Lipinski definition) is 0. The van der Waals surface area contributed by atoms with Gasteiger partial charge >= 0.3 is 0 Å². The van der Waals surface area contributed by atoms with Gasteiger partial charge in [-0.1, -0.05) is 30.3 Å². The van der Waals surface area contributed by atoms with Crippen LogP contribution in [-0.4, -0.2) is 12.9 Å². The van der Waals surface area contributed by atoms with Crippen molar-refractivity contribution in [2.75, 3.05) is 6.61 Å². The Hall–Kier alpha value is -1.37. The van der Waals surface area contributed by atoms with Crippen molar-refractivity contribution in [2.24, 2.45) is 0 Å². The third kappa shape index (κ3) is 2.82. The lowest BCUT2D eigenvalue weighted by Crippen LogP contribution is -2.24. The highest BCUT2D eigenvalue weighted by Gasteiger charge is 2.20. The molecule has 0 aliphatic carbocycles. The van der Waals surface area contributed by atoms with Gasteiger partial charge in [-0.3, -0.25) is 0 Å². The third-order valence-corrected chi connectivity index (χ3v) is 2.65. The summed E-state index contributed by atoms with van der Waals surface area (Å²) in [4.78, 5) is 0. The van der Waals surface area contributed by atoms with Gasteiger partial charge in [-0.2, -0.15) is 5.26 Å². The molecule has 3 nitrogen and oxygen atoms in total. The Morgan fingerprint density at radius 2 is 2.12 bits per heavy atom. The van der Waals surface area contributed by atoms with Crippen molar-refractivity contribution in [1.82, 2.24) is 0 Å². The lowest BCUT2D eigenvalue weighted by molar-refractivity contribution is -0.178. The normalized spacial score (nSPS) is 22.3. The first-order valence-electron chi connectivity index (χ1n) is 5.62. The van der Waals surface area contributed by atoms with Gasteiger partial charge in [0.15, 0.2) is 12.4 Å². The first kappa shape index (κ1) is 11.1. The van der Waals surface area contributed by atoms with Crippen LogP contribution in [0.15, 0.2) is 30.3 Å². The molecule has 0 N–H and O–H groups in total. The molecule has 84 valence electrons. The largest absolute Gasteiger partial charge is 0.353 e. The zero-order chi connectivity index (χ0) is 11.2. The molecule has 1 saturated heterocycles. The Balaban J connectivity index is 1.98. The smallest absolute Gasteiger partial charge is 0.172 e. The molecule has 0 amide bonds. The Bertz CT molecular complexity index is 352. The van der Waals surface area contributed by atoms with Crippen LogP contribution in [0.2, 0.25) is 0 Å². The van der Waals surface area contributed by atoms with Crippen LogP contribution in [0.25, 0.3) is 0 Å². The minimum Gasteiger partial charge on any atom is -0.353 e. The van der Waals surface area contributed by atoms with Gasteiger partial charge < -0.3 is 9.47 Å². The summed E-state index contributed by atoms with van der Waals surface area (Å²) in [6.45, 7) is 0.734. The second kappa shape index (κ2) is 5.64. The minimum atomic E-state index is -0.524. The number of ether oxygens (including phenoxy) is 2. The fraction of sp³-hybridized carbons (Fsp3) is 0.462. The molecule has 16 heavy (non-hydrogen) atoms. The van der Waals surface area contributed by atoms with Gasteiger partial charge in [-0.05, 0) is 24.8 Å². The van der Waals surface area contributed by atoms with Crippen LogP contribution in [0, 0.1) is 11.3 Å². The fourth-order valence-corrected chi connectivity index (χ4v) is 1.78. The quantitative estimate of drug-likeness (QED) is 0.781. The maximum absolute atomic E-state index is 9.08. The SMILES string of the molecule is N#C[C@@H](OC1CCCCO1)c1ccccc1. The van der Waals surface area contributed by atoms with Gasteiger partial charge in [0.05, 0.1) is 6.07 Å². The second-order valence-corrected chi connectivity index (χ2v) is 3.85. The molecular weight excluding hydrogens is 202 g/mol. The van der Waals surface area contributed by atoms with E-state index in [2.05, 4.69) is 6.07 Å². The number of benzene rings is 1. The highest BCUT2D eigenvalue weighted by atomic mass is 16.7. The van der Waals surface area contributed by atoms with Gasteiger partial charge in [0.25, 0.3) is 0 Å². The lowest BCUT2D eigenvalue weighted by atomic mass is 10.1. The standard InChI is InChI=1S/C13H15NO2/c14-10-12(11-6-2-1-3-7-11)16-13-8-4-5-9-15-13/h1-3,6-7,12-13H,4-5,8-9H2/t12-,13?/m1/s1. The molecule has 1 fully saturated rings. The average molecular weight is 217 g/mol. The van der Waals surface area contributed by atoms with Crippen LogP contribution in [0.4, 0.5) is 0 Å². The molecule has 0 radical (unpaired) electrons. The van der Waals surface area contributed by atoms with Crippen molar-refractivity contribution in [2.45, 2.75) is 31.7 Å². The number of rotatable bonds is 3. The lowest BCUT2D eigenvalue weighted by Gasteiger charge is -2.24. The van der Waals surface area contributed by atoms with E-state index in [4.69, 9.17) is 14.7 Å². The Morgan fingerprint density at radius 3 is 2.75 bits per heavy atom. The summed E-state index contributed by atoms with van der Waals surface area (Å²) >= 11 is 0.